The van der Waals surface area contributed by atoms with Crippen molar-refractivity contribution in [3.8, 4) is 0 Å². The van der Waals surface area contributed by atoms with E-state index in [-0.39, 0.29) is 6.61 Å². The molecule has 5 heteroatoms. The Morgan fingerprint density at radius 3 is 2.87 bits per heavy atom. The number of ether oxygens (including phenoxy) is 2. The quantitative estimate of drug-likeness (QED) is 0.406. The summed E-state index contributed by atoms with van der Waals surface area (Å²) in [7, 11) is 1.47. The van der Waals surface area contributed by atoms with Crippen LogP contribution >= 0.6 is 0 Å². The van der Waals surface area contributed by atoms with E-state index in [2.05, 4.69) is 11.9 Å². The number of rotatable bonds is 10. The first-order valence-corrected chi connectivity index (χ1v) is 4.86. The number of nitrogens with one attached hydrogen (secondary N) is 1. The Morgan fingerprint density at radius 1 is 1.60 bits per heavy atom. The Labute approximate surface area is 90.1 Å². The third-order valence-corrected chi connectivity index (χ3v) is 1.73. The molecule has 0 aliphatic carbocycles. The first kappa shape index (κ1) is 14.1. The molecule has 0 fully saturated rings. The Morgan fingerprint density at radius 2 is 2.33 bits per heavy atom. The van der Waals surface area contributed by atoms with Gasteiger partial charge in [0.05, 0.1) is 19.8 Å². The summed E-state index contributed by atoms with van der Waals surface area (Å²) in [6.45, 7) is 5.32. The van der Waals surface area contributed by atoms with Crippen LogP contribution in [0.1, 0.15) is 6.42 Å². The lowest BCUT2D eigenvalue weighted by atomic mass is 10.3. The molecule has 0 aromatic carbocycles. The lowest BCUT2D eigenvalue weighted by Crippen LogP contribution is -2.41. The Hall–Kier alpha value is -0.910. The van der Waals surface area contributed by atoms with E-state index >= 15 is 0 Å². The van der Waals surface area contributed by atoms with Gasteiger partial charge in [0.15, 0.2) is 0 Å². The monoisotopic (exact) mass is 217 g/mol. The molecule has 0 aromatic rings. The molecule has 88 valence electrons. The molecule has 0 aromatic heterocycles. The maximum absolute atomic E-state index is 10.7. The normalized spacial score (nSPS) is 12.3. The van der Waals surface area contributed by atoms with Gasteiger partial charge in [-0.2, -0.15) is 0 Å². The maximum Gasteiger partial charge on any atom is 0.323 e. The second-order valence-corrected chi connectivity index (χ2v) is 2.99. The molecule has 0 bridgehead atoms. The van der Waals surface area contributed by atoms with Crippen LogP contribution in [-0.4, -0.2) is 50.6 Å². The van der Waals surface area contributed by atoms with Gasteiger partial charge in [0.2, 0.25) is 0 Å². The molecule has 0 rings (SSSR count). The van der Waals surface area contributed by atoms with Gasteiger partial charge in [0, 0.05) is 13.7 Å². The Balaban J connectivity index is 3.45. The van der Waals surface area contributed by atoms with Crippen molar-refractivity contribution in [1.82, 2.24) is 5.32 Å². The van der Waals surface area contributed by atoms with Crippen molar-refractivity contribution < 1.29 is 19.4 Å². The Kier molecular flexibility index (Phi) is 9.05. The fourth-order valence-electron chi connectivity index (χ4n) is 0.958. The minimum atomic E-state index is -0.914. The van der Waals surface area contributed by atoms with Crippen LogP contribution in [0, 0.1) is 0 Å². The van der Waals surface area contributed by atoms with Crippen molar-refractivity contribution in [1.29, 1.82) is 0 Å². The van der Waals surface area contributed by atoms with Crippen molar-refractivity contribution in [2.75, 3.05) is 33.5 Å². The lowest BCUT2D eigenvalue weighted by molar-refractivity contribution is -0.140. The fourth-order valence-corrected chi connectivity index (χ4v) is 0.958. The van der Waals surface area contributed by atoms with Crippen LogP contribution < -0.4 is 5.32 Å². The van der Waals surface area contributed by atoms with Crippen molar-refractivity contribution in [2.24, 2.45) is 0 Å². The molecule has 5 nitrogen and oxygen atoms in total. The van der Waals surface area contributed by atoms with E-state index in [1.165, 1.54) is 7.11 Å². The van der Waals surface area contributed by atoms with Crippen LogP contribution in [0.25, 0.3) is 0 Å². The number of carboxylic acid groups (broad SMARTS) is 1. The third kappa shape index (κ3) is 8.11. The molecule has 0 radical (unpaired) electrons. The van der Waals surface area contributed by atoms with E-state index < -0.39 is 12.0 Å². The smallest absolute Gasteiger partial charge is 0.323 e. The van der Waals surface area contributed by atoms with E-state index in [1.807, 2.05) is 0 Å². The zero-order valence-electron chi connectivity index (χ0n) is 9.07. The highest BCUT2D eigenvalue weighted by molar-refractivity contribution is 5.73. The second-order valence-electron chi connectivity index (χ2n) is 2.99. The first-order chi connectivity index (χ1) is 7.22. The van der Waals surface area contributed by atoms with Gasteiger partial charge in [-0.25, -0.2) is 0 Å². The lowest BCUT2D eigenvalue weighted by Gasteiger charge is -2.13. The van der Waals surface area contributed by atoms with Crippen LogP contribution in [0.15, 0.2) is 12.7 Å². The summed E-state index contributed by atoms with van der Waals surface area (Å²) < 4.78 is 9.98. The minimum Gasteiger partial charge on any atom is -0.480 e. The van der Waals surface area contributed by atoms with Gasteiger partial charge in [-0.05, 0) is 6.42 Å². The highest BCUT2D eigenvalue weighted by Gasteiger charge is 2.15. The predicted molar refractivity (Wildman–Crippen MR) is 56.9 cm³/mol. The molecule has 0 saturated heterocycles. The standard InChI is InChI=1S/C10H19NO4/c1-3-4-6-15-7-5-11-9(8-14-2)10(12)13/h3,9,11H,1,4-8H2,2H3,(H,12,13). The molecule has 0 heterocycles. The molecule has 1 unspecified atom stereocenters. The fraction of sp³-hybridized carbons (Fsp3) is 0.700. The minimum absolute atomic E-state index is 0.155. The van der Waals surface area contributed by atoms with E-state index in [1.54, 1.807) is 6.08 Å². The molecular formula is C10H19NO4. The molecule has 0 spiro atoms. The van der Waals surface area contributed by atoms with E-state index in [0.717, 1.165) is 6.42 Å². The summed E-state index contributed by atoms with van der Waals surface area (Å²) in [4.78, 5) is 10.7. The summed E-state index contributed by atoms with van der Waals surface area (Å²) in [5.74, 6) is -0.914. The summed E-state index contributed by atoms with van der Waals surface area (Å²) in [5.41, 5.74) is 0. The number of hydrogen-bond acceptors (Lipinski definition) is 4. The molecule has 0 aliphatic heterocycles. The van der Waals surface area contributed by atoms with Gasteiger partial charge in [0.1, 0.15) is 6.04 Å². The van der Waals surface area contributed by atoms with E-state index in [4.69, 9.17) is 14.6 Å². The molecule has 15 heavy (non-hydrogen) atoms. The maximum atomic E-state index is 10.7. The predicted octanol–water partition coefficient (Wildman–Crippen LogP) is 0.268. The number of carbonyl (C=O) groups is 1. The largest absolute Gasteiger partial charge is 0.480 e. The zero-order chi connectivity index (χ0) is 11.5. The molecule has 0 saturated carbocycles. The SMILES string of the molecule is C=CCCOCCNC(COC)C(=O)O. The number of carboxylic acids is 1. The highest BCUT2D eigenvalue weighted by atomic mass is 16.5. The van der Waals surface area contributed by atoms with Crippen LogP contribution in [-0.2, 0) is 14.3 Å². The topological polar surface area (TPSA) is 67.8 Å². The molecule has 1 atom stereocenters. The number of methoxy groups -OCH3 is 1. The van der Waals surface area contributed by atoms with E-state index in [9.17, 15) is 4.79 Å². The van der Waals surface area contributed by atoms with Gasteiger partial charge in [-0.15, -0.1) is 6.58 Å². The summed E-state index contributed by atoms with van der Waals surface area (Å²) in [6.07, 6.45) is 2.58. The Bertz CT molecular complexity index is 184. The van der Waals surface area contributed by atoms with Crippen LogP contribution in [0.4, 0.5) is 0 Å². The van der Waals surface area contributed by atoms with Gasteiger partial charge in [-0.1, -0.05) is 6.08 Å². The van der Waals surface area contributed by atoms with Crippen LogP contribution in [0.5, 0.6) is 0 Å². The average molecular weight is 217 g/mol. The summed E-state index contributed by atoms with van der Waals surface area (Å²) in [5, 5.41) is 11.6. The number of aliphatic carboxylic acids is 1. The average Bonchev–Trinajstić information content (AvgIpc) is 2.21. The van der Waals surface area contributed by atoms with Gasteiger partial charge in [0.25, 0.3) is 0 Å². The first-order valence-electron chi connectivity index (χ1n) is 4.86. The molecule has 0 amide bonds. The van der Waals surface area contributed by atoms with Gasteiger partial charge in [-0.3, -0.25) is 4.79 Å². The third-order valence-electron chi connectivity index (χ3n) is 1.73. The van der Waals surface area contributed by atoms with Crippen molar-refractivity contribution in [3.63, 3.8) is 0 Å². The zero-order valence-corrected chi connectivity index (χ0v) is 9.07. The van der Waals surface area contributed by atoms with Crippen molar-refractivity contribution in [3.05, 3.63) is 12.7 Å². The molecule has 2 N–H and O–H groups in total. The van der Waals surface area contributed by atoms with E-state index in [0.29, 0.717) is 19.8 Å². The number of hydrogen-bond donors (Lipinski definition) is 2. The highest BCUT2D eigenvalue weighted by Crippen LogP contribution is 1.86. The van der Waals surface area contributed by atoms with Crippen molar-refractivity contribution in [2.45, 2.75) is 12.5 Å². The van der Waals surface area contributed by atoms with Crippen molar-refractivity contribution >= 4 is 5.97 Å². The van der Waals surface area contributed by atoms with Gasteiger partial charge < -0.3 is 19.9 Å². The summed E-state index contributed by atoms with van der Waals surface area (Å²) in [6, 6.07) is -0.669. The molecule has 0 aliphatic rings. The second kappa shape index (κ2) is 9.64. The van der Waals surface area contributed by atoms with Crippen LogP contribution in [0.3, 0.4) is 0 Å². The van der Waals surface area contributed by atoms with Crippen LogP contribution in [0.2, 0.25) is 0 Å². The van der Waals surface area contributed by atoms with Gasteiger partial charge >= 0.3 is 5.97 Å². The summed E-state index contributed by atoms with van der Waals surface area (Å²) >= 11 is 0. The molecular weight excluding hydrogens is 198 g/mol.